The first-order valence-corrected chi connectivity index (χ1v) is 8.51. The Morgan fingerprint density at radius 3 is 1.91 bits per heavy atom. The van der Waals surface area contributed by atoms with Crippen LogP contribution in [0.2, 0.25) is 0 Å². The molecule has 0 bridgehead atoms. The normalized spacial score (nSPS) is 15.7. The first-order valence-electron chi connectivity index (χ1n) is 7.07. The quantitative estimate of drug-likeness (QED) is 0.802. The fourth-order valence-electron chi connectivity index (χ4n) is 2.20. The minimum Gasteiger partial charge on any atom is -0.289 e. The zero-order valence-electron chi connectivity index (χ0n) is 13.1. The van der Waals surface area contributed by atoms with E-state index in [1.54, 1.807) is 38.1 Å². The summed E-state index contributed by atoms with van der Waals surface area (Å²) in [5.41, 5.74) is 2.33. The molecule has 0 aromatic heterocycles. The highest BCUT2D eigenvalue weighted by Crippen LogP contribution is 2.20. The van der Waals surface area contributed by atoms with E-state index in [2.05, 4.69) is 4.40 Å². The van der Waals surface area contributed by atoms with Crippen LogP contribution in [0.25, 0.3) is 0 Å². The molecule has 0 fully saturated rings. The Hall–Kier alpha value is -2.01. The highest BCUT2D eigenvalue weighted by atomic mass is 32.2. The molecule has 1 aliphatic rings. The van der Waals surface area contributed by atoms with Gasteiger partial charge in [-0.25, -0.2) is 0 Å². The van der Waals surface area contributed by atoms with E-state index in [9.17, 15) is 13.2 Å². The highest BCUT2D eigenvalue weighted by Gasteiger charge is 2.18. The van der Waals surface area contributed by atoms with Crippen LogP contribution in [0.5, 0.6) is 0 Å². The molecular formula is C17H19NO3S. The van der Waals surface area contributed by atoms with Crippen molar-refractivity contribution in [2.45, 2.75) is 38.5 Å². The smallest absolute Gasteiger partial charge is 0.282 e. The highest BCUT2D eigenvalue weighted by molar-refractivity contribution is 7.90. The third kappa shape index (κ3) is 3.42. The molecule has 0 heterocycles. The fraction of sp³-hybridized carbons (Fsp3) is 0.294. The molecule has 5 heteroatoms. The Bertz CT molecular complexity index is 771. The van der Waals surface area contributed by atoms with Gasteiger partial charge < -0.3 is 0 Å². The van der Waals surface area contributed by atoms with Gasteiger partial charge in [-0.3, -0.25) is 4.79 Å². The van der Waals surface area contributed by atoms with E-state index < -0.39 is 10.0 Å². The lowest BCUT2D eigenvalue weighted by Gasteiger charge is -2.09. The van der Waals surface area contributed by atoms with Crippen LogP contribution in [0.15, 0.2) is 56.9 Å². The van der Waals surface area contributed by atoms with Crippen LogP contribution in [0.4, 0.5) is 0 Å². The Kier molecular flexibility index (Phi) is 4.47. The van der Waals surface area contributed by atoms with Crippen LogP contribution < -0.4 is 0 Å². The summed E-state index contributed by atoms with van der Waals surface area (Å²) in [6, 6.07) is 6.72. The van der Waals surface area contributed by atoms with Gasteiger partial charge in [-0.2, -0.15) is 12.8 Å². The topological polar surface area (TPSA) is 63.6 Å². The molecule has 0 N–H and O–H groups in total. The maximum absolute atomic E-state index is 12.3. The second kappa shape index (κ2) is 6.01. The van der Waals surface area contributed by atoms with E-state index in [1.807, 2.05) is 13.8 Å². The number of hydrogen-bond donors (Lipinski definition) is 0. The lowest BCUT2D eigenvalue weighted by molar-refractivity contribution is -0.112. The molecule has 2 rings (SSSR count). The Labute approximate surface area is 131 Å². The number of Topliss-reactive ketones (excluding diaryl/α,β-unsaturated/α-hetero) is 1. The third-order valence-corrected chi connectivity index (χ3v) is 4.83. The molecule has 0 amide bonds. The van der Waals surface area contributed by atoms with Gasteiger partial charge in [-0.05, 0) is 60.8 Å². The number of sulfonamides is 1. The molecule has 0 unspecified atom stereocenters. The minimum absolute atomic E-state index is 0.0855. The Morgan fingerprint density at radius 1 is 0.955 bits per heavy atom. The predicted molar refractivity (Wildman–Crippen MR) is 87.7 cm³/mol. The summed E-state index contributed by atoms with van der Waals surface area (Å²) in [6.07, 6.45) is 2.99. The molecule has 0 radical (unpaired) electrons. The van der Waals surface area contributed by atoms with Crippen molar-refractivity contribution in [3.63, 3.8) is 0 Å². The van der Waals surface area contributed by atoms with Gasteiger partial charge in [0.05, 0.1) is 10.6 Å². The van der Waals surface area contributed by atoms with Crippen LogP contribution >= 0.6 is 0 Å². The summed E-state index contributed by atoms with van der Waals surface area (Å²) >= 11 is 0. The number of ketones is 1. The fourth-order valence-corrected chi connectivity index (χ4v) is 3.16. The molecule has 1 aliphatic carbocycles. The third-order valence-electron chi connectivity index (χ3n) is 3.52. The van der Waals surface area contributed by atoms with E-state index >= 15 is 0 Å². The van der Waals surface area contributed by atoms with E-state index in [0.717, 1.165) is 5.56 Å². The van der Waals surface area contributed by atoms with Crippen molar-refractivity contribution >= 4 is 21.5 Å². The number of benzene rings is 1. The molecule has 1 aromatic rings. The second-order valence-corrected chi connectivity index (χ2v) is 7.30. The van der Waals surface area contributed by atoms with Crippen LogP contribution in [0.1, 0.15) is 39.2 Å². The maximum atomic E-state index is 12.3. The van der Waals surface area contributed by atoms with E-state index in [1.165, 1.54) is 12.2 Å². The van der Waals surface area contributed by atoms with Gasteiger partial charge in [-0.15, -0.1) is 0 Å². The van der Waals surface area contributed by atoms with E-state index in [0.29, 0.717) is 17.1 Å². The van der Waals surface area contributed by atoms with Crippen molar-refractivity contribution in [1.29, 1.82) is 0 Å². The number of carbonyl (C=O) groups is 1. The summed E-state index contributed by atoms with van der Waals surface area (Å²) in [5, 5.41) is 0. The van der Waals surface area contributed by atoms with Crippen molar-refractivity contribution in [2.75, 3.05) is 0 Å². The average molecular weight is 317 g/mol. The first-order chi connectivity index (χ1) is 10.2. The molecule has 0 aliphatic heterocycles. The molecule has 0 saturated heterocycles. The van der Waals surface area contributed by atoms with Gasteiger partial charge in [0, 0.05) is 0 Å². The average Bonchev–Trinajstić information content (AvgIpc) is 2.44. The molecule has 4 nitrogen and oxygen atoms in total. The molecule has 0 atom stereocenters. The van der Waals surface area contributed by atoms with Crippen LogP contribution in [0.3, 0.4) is 0 Å². The Balaban J connectivity index is 2.39. The zero-order chi connectivity index (χ0) is 16.5. The van der Waals surface area contributed by atoms with E-state index in [-0.39, 0.29) is 16.4 Å². The summed E-state index contributed by atoms with van der Waals surface area (Å²) in [4.78, 5) is 11.8. The van der Waals surface area contributed by atoms with Crippen molar-refractivity contribution in [1.82, 2.24) is 0 Å². The van der Waals surface area contributed by atoms with Crippen molar-refractivity contribution in [3.05, 3.63) is 53.1 Å². The number of carbonyl (C=O) groups excluding carboxylic acids is 1. The number of allylic oxidation sites excluding steroid dienone is 4. The van der Waals surface area contributed by atoms with E-state index in [4.69, 9.17) is 0 Å². The largest absolute Gasteiger partial charge is 0.289 e. The number of nitrogens with zero attached hydrogens (tertiary/aromatic N) is 1. The van der Waals surface area contributed by atoms with Crippen LogP contribution in [0, 0.1) is 0 Å². The SMILES string of the molecule is CC1=CC(=NS(=O)(=O)c2ccc(C(C)C)cc2)C=C(C)C1=O. The summed E-state index contributed by atoms with van der Waals surface area (Å²) < 4.78 is 28.5. The summed E-state index contributed by atoms with van der Waals surface area (Å²) in [6.45, 7) is 7.39. The van der Waals surface area contributed by atoms with Crippen molar-refractivity contribution < 1.29 is 13.2 Å². The predicted octanol–water partition coefficient (Wildman–Crippen LogP) is 3.42. The zero-order valence-corrected chi connectivity index (χ0v) is 13.9. The lowest BCUT2D eigenvalue weighted by atomic mass is 9.98. The summed E-state index contributed by atoms with van der Waals surface area (Å²) in [5.74, 6) is 0.251. The van der Waals surface area contributed by atoms with Gasteiger partial charge in [0.25, 0.3) is 10.0 Å². The minimum atomic E-state index is -3.78. The van der Waals surface area contributed by atoms with Crippen molar-refractivity contribution in [3.8, 4) is 0 Å². The molecule has 116 valence electrons. The molecule has 0 saturated carbocycles. The monoisotopic (exact) mass is 317 g/mol. The van der Waals surface area contributed by atoms with Gasteiger partial charge in [0.15, 0.2) is 5.78 Å². The standard InChI is InChI=1S/C17H19NO3S/c1-11(2)14-5-7-16(8-6-14)22(20,21)18-15-9-12(3)17(19)13(4)10-15/h5-11H,1-4H3. The summed E-state index contributed by atoms with van der Waals surface area (Å²) in [7, 11) is -3.78. The van der Waals surface area contributed by atoms with Crippen LogP contribution in [-0.2, 0) is 14.8 Å². The van der Waals surface area contributed by atoms with Crippen molar-refractivity contribution in [2.24, 2.45) is 4.40 Å². The molecule has 0 spiro atoms. The maximum Gasteiger partial charge on any atom is 0.282 e. The first kappa shape index (κ1) is 16.4. The molecule has 22 heavy (non-hydrogen) atoms. The second-order valence-electron chi connectivity index (χ2n) is 5.70. The van der Waals surface area contributed by atoms with Gasteiger partial charge in [0.1, 0.15) is 0 Å². The number of hydrogen-bond acceptors (Lipinski definition) is 3. The Morgan fingerprint density at radius 2 is 1.45 bits per heavy atom. The molecular weight excluding hydrogens is 298 g/mol. The molecule has 1 aromatic carbocycles. The van der Waals surface area contributed by atoms with Gasteiger partial charge >= 0.3 is 0 Å². The van der Waals surface area contributed by atoms with Gasteiger partial charge in [-0.1, -0.05) is 26.0 Å². The van der Waals surface area contributed by atoms with Crippen LogP contribution in [-0.4, -0.2) is 19.9 Å². The lowest BCUT2D eigenvalue weighted by Crippen LogP contribution is -2.12. The number of rotatable bonds is 3. The van der Waals surface area contributed by atoms with Gasteiger partial charge in [0.2, 0.25) is 0 Å².